The summed E-state index contributed by atoms with van der Waals surface area (Å²) in [6, 6.07) is 13.6. The quantitative estimate of drug-likeness (QED) is 0.503. The average Bonchev–Trinajstić information content (AvgIpc) is 2.94. The Bertz CT molecular complexity index is 917. The van der Waals surface area contributed by atoms with Crippen LogP contribution in [0.4, 0.5) is 17.1 Å². The fourth-order valence-corrected chi connectivity index (χ4v) is 2.69. The maximum absolute atomic E-state index is 12.7. The number of anilines is 2. The molecule has 2 aromatic carbocycles. The van der Waals surface area contributed by atoms with Gasteiger partial charge in [0.05, 0.1) is 21.9 Å². The number of hydrazone groups is 1. The molecule has 3 rings (SSSR count). The number of para-hydroxylation sites is 1. The molecule has 0 spiro atoms. The smallest absolute Gasteiger partial charge is 0.282 e. The number of hydrogen-bond donors (Lipinski definition) is 1. The molecule has 2 aromatic rings. The number of nitrogens with zero attached hydrogens (tertiary/aromatic N) is 3. The Morgan fingerprint density at radius 3 is 2.54 bits per heavy atom. The van der Waals surface area contributed by atoms with Crippen molar-refractivity contribution in [1.82, 2.24) is 0 Å². The molecule has 0 fully saturated rings. The summed E-state index contributed by atoms with van der Waals surface area (Å²) in [5.41, 5.74) is 3.57. The minimum absolute atomic E-state index is 0.0327. The van der Waals surface area contributed by atoms with E-state index in [9.17, 15) is 14.9 Å². The van der Waals surface area contributed by atoms with Crippen LogP contribution >= 0.6 is 0 Å². The molecule has 0 saturated heterocycles. The predicted molar refractivity (Wildman–Crippen MR) is 101 cm³/mol. The lowest BCUT2D eigenvalue weighted by atomic mass is 10.1. The van der Waals surface area contributed by atoms with Gasteiger partial charge in [-0.1, -0.05) is 25.1 Å². The van der Waals surface area contributed by atoms with Gasteiger partial charge in [-0.05, 0) is 37.1 Å². The first-order valence-electron chi connectivity index (χ1n) is 8.20. The number of amides is 1. The summed E-state index contributed by atoms with van der Waals surface area (Å²) < 4.78 is 0. The second-order valence-corrected chi connectivity index (χ2v) is 5.79. The topological polar surface area (TPSA) is 87.8 Å². The van der Waals surface area contributed by atoms with E-state index in [0.717, 1.165) is 17.7 Å². The van der Waals surface area contributed by atoms with Gasteiger partial charge in [0.15, 0.2) is 0 Å². The Hall–Kier alpha value is -3.48. The Balaban J connectivity index is 1.82. The van der Waals surface area contributed by atoms with Gasteiger partial charge in [-0.15, -0.1) is 0 Å². The van der Waals surface area contributed by atoms with E-state index in [1.807, 2.05) is 24.3 Å². The van der Waals surface area contributed by atoms with Crippen LogP contribution in [0.2, 0.25) is 0 Å². The number of non-ortho nitro benzene ring substituents is 1. The number of hydrogen-bond acceptors (Lipinski definition) is 5. The molecule has 0 aromatic heterocycles. The fourth-order valence-electron chi connectivity index (χ4n) is 2.69. The summed E-state index contributed by atoms with van der Waals surface area (Å²) in [6.07, 6.45) is 2.53. The highest BCUT2D eigenvalue weighted by Gasteiger charge is 2.29. The van der Waals surface area contributed by atoms with Crippen LogP contribution in [0.15, 0.2) is 65.4 Å². The molecule has 0 unspecified atom stereocenters. The molecule has 0 saturated carbocycles. The van der Waals surface area contributed by atoms with Gasteiger partial charge in [-0.25, -0.2) is 0 Å². The van der Waals surface area contributed by atoms with Crippen molar-refractivity contribution in [3.63, 3.8) is 0 Å². The lowest BCUT2D eigenvalue weighted by Crippen LogP contribution is -2.21. The maximum Gasteiger partial charge on any atom is 0.282 e. The first kappa shape index (κ1) is 17.3. The molecule has 132 valence electrons. The van der Waals surface area contributed by atoms with Crippen molar-refractivity contribution >= 4 is 28.7 Å². The van der Waals surface area contributed by atoms with Crippen molar-refractivity contribution < 1.29 is 9.72 Å². The number of nitrogens with one attached hydrogen (secondary N) is 1. The van der Waals surface area contributed by atoms with Crippen LogP contribution in [0.1, 0.15) is 19.4 Å². The second-order valence-electron chi connectivity index (χ2n) is 5.79. The Labute approximate surface area is 150 Å². The number of aryl methyl sites for hydroxylation is 1. The van der Waals surface area contributed by atoms with Gasteiger partial charge in [0, 0.05) is 24.0 Å². The van der Waals surface area contributed by atoms with E-state index in [2.05, 4.69) is 17.3 Å². The van der Waals surface area contributed by atoms with Gasteiger partial charge >= 0.3 is 0 Å². The highest BCUT2D eigenvalue weighted by Crippen LogP contribution is 2.26. The van der Waals surface area contributed by atoms with Crippen molar-refractivity contribution in [3.8, 4) is 0 Å². The number of nitro groups is 1. The van der Waals surface area contributed by atoms with Crippen molar-refractivity contribution in [2.24, 2.45) is 5.10 Å². The molecule has 0 radical (unpaired) electrons. The number of carbonyl (C=O) groups is 1. The summed E-state index contributed by atoms with van der Waals surface area (Å²) >= 11 is 0. The molecule has 0 atom stereocenters. The molecular weight excluding hydrogens is 332 g/mol. The highest BCUT2D eigenvalue weighted by molar-refractivity contribution is 6.29. The average molecular weight is 350 g/mol. The minimum Gasteiger partial charge on any atom is -0.361 e. The minimum atomic E-state index is -0.482. The largest absolute Gasteiger partial charge is 0.361 e. The first-order chi connectivity index (χ1) is 12.5. The van der Waals surface area contributed by atoms with E-state index in [4.69, 9.17) is 0 Å². The van der Waals surface area contributed by atoms with E-state index < -0.39 is 4.92 Å². The number of nitro benzene ring substituents is 1. The maximum atomic E-state index is 12.7. The fraction of sp³-hybridized carbons (Fsp3) is 0.158. The molecule has 1 N–H and O–H groups in total. The molecule has 7 heteroatoms. The Kier molecular flexibility index (Phi) is 4.79. The van der Waals surface area contributed by atoms with E-state index in [0.29, 0.717) is 17.0 Å². The van der Waals surface area contributed by atoms with E-state index in [1.165, 1.54) is 29.3 Å². The van der Waals surface area contributed by atoms with Gasteiger partial charge < -0.3 is 5.32 Å². The molecule has 7 nitrogen and oxygen atoms in total. The monoisotopic (exact) mass is 350 g/mol. The SMILES string of the molecule is CCc1ccccc1NC=C1C(=O)N(c2ccc([N+](=O)[O-])cc2)N=C1C. The summed E-state index contributed by atoms with van der Waals surface area (Å²) in [4.78, 5) is 23.0. The van der Waals surface area contributed by atoms with Crippen LogP contribution < -0.4 is 10.3 Å². The number of benzene rings is 2. The zero-order chi connectivity index (χ0) is 18.7. The second kappa shape index (κ2) is 7.18. The van der Waals surface area contributed by atoms with Gasteiger partial charge in [-0.3, -0.25) is 14.9 Å². The normalized spacial score (nSPS) is 15.3. The zero-order valence-corrected chi connectivity index (χ0v) is 14.5. The predicted octanol–water partition coefficient (Wildman–Crippen LogP) is 3.88. The molecule has 26 heavy (non-hydrogen) atoms. The standard InChI is InChI=1S/C19H18N4O3/c1-3-14-6-4-5-7-18(14)20-12-17-13(2)21-22(19(17)24)15-8-10-16(11-9-15)23(25)26/h4-12,20H,3H2,1-2H3. The van der Waals surface area contributed by atoms with E-state index in [-0.39, 0.29) is 11.6 Å². The summed E-state index contributed by atoms with van der Waals surface area (Å²) in [5.74, 6) is -0.280. The first-order valence-corrected chi connectivity index (χ1v) is 8.20. The van der Waals surface area contributed by atoms with Crippen LogP contribution in [-0.2, 0) is 11.2 Å². The molecule has 0 bridgehead atoms. The molecule has 1 heterocycles. The third kappa shape index (κ3) is 3.32. The van der Waals surface area contributed by atoms with Crippen LogP contribution in [-0.4, -0.2) is 16.5 Å². The van der Waals surface area contributed by atoms with E-state index >= 15 is 0 Å². The number of carbonyl (C=O) groups excluding carboxylic acids is 1. The van der Waals surface area contributed by atoms with E-state index in [1.54, 1.807) is 13.1 Å². The van der Waals surface area contributed by atoms with Crippen LogP contribution in [0, 0.1) is 10.1 Å². The third-order valence-corrected chi connectivity index (χ3v) is 4.14. The summed E-state index contributed by atoms with van der Waals surface area (Å²) in [5, 5.41) is 19.5. The summed E-state index contributed by atoms with van der Waals surface area (Å²) in [7, 11) is 0. The molecule has 1 aliphatic heterocycles. The summed E-state index contributed by atoms with van der Waals surface area (Å²) in [6.45, 7) is 3.82. The van der Waals surface area contributed by atoms with Crippen molar-refractivity contribution in [2.45, 2.75) is 20.3 Å². The highest BCUT2D eigenvalue weighted by atomic mass is 16.6. The Morgan fingerprint density at radius 1 is 1.19 bits per heavy atom. The van der Waals surface area contributed by atoms with Gasteiger partial charge in [-0.2, -0.15) is 10.1 Å². The number of rotatable bonds is 5. The third-order valence-electron chi connectivity index (χ3n) is 4.14. The van der Waals surface area contributed by atoms with Crippen molar-refractivity contribution in [2.75, 3.05) is 10.3 Å². The molecular formula is C19H18N4O3. The molecule has 1 aliphatic rings. The van der Waals surface area contributed by atoms with Gasteiger partial charge in [0.1, 0.15) is 0 Å². The molecule has 0 aliphatic carbocycles. The van der Waals surface area contributed by atoms with Crippen LogP contribution in [0.3, 0.4) is 0 Å². The Morgan fingerprint density at radius 2 is 1.88 bits per heavy atom. The van der Waals surface area contributed by atoms with Gasteiger partial charge in [0.25, 0.3) is 11.6 Å². The van der Waals surface area contributed by atoms with Crippen molar-refractivity contribution in [3.05, 3.63) is 76.0 Å². The lowest BCUT2D eigenvalue weighted by Gasteiger charge is -2.11. The van der Waals surface area contributed by atoms with Crippen LogP contribution in [0.25, 0.3) is 0 Å². The lowest BCUT2D eigenvalue weighted by molar-refractivity contribution is -0.384. The van der Waals surface area contributed by atoms with Crippen LogP contribution in [0.5, 0.6) is 0 Å². The van der Waals surface area contributed by atoms with Crippen molar-refractivity contribution in [1.29, 1.82) is 0 Å². The van der Waals surface area contributed by atoms with Gasteiger partial charge in [0.2, 0.25) is 0 Å². The molecule has 1 amide bonds. The zero-order valence-electron chi connectivity index (χ0n) is 14.5.